The molecular formula is C14H21NO3S. The molecule has 0 saturated carbocycles. The normalized spacial score (nSPS) is 11.1. The van der Waals surface area contributed by atoms with Crippen LogP contribution in [0.15, 0.2) is 17.5 Å². The van der Waals surface area contributed by atoms with Gasteiger partial charge in [0, 0.05) is 17.8 Å². The topological polar surface area (TPSA) is 55.4 Å². The molecule has 0 saturated heterocycles. The van der Waals surface area contributed by atoms with Gasteiger partial charge in [-0.3, -0.25) is 9.59 Å². The number of thiophene rings is 1. The fraction of sp³-hybridized carbons (Fsp3) is 0.571. The van der Waals surface area contributed by atoms with Crippen molar-refractivity contribution in [3.63, 3.8) is 0 Å². The van der Waals surface area contributed by atoms with E-state index in [0.717, 1.165) is 6.42 Å². The Labute approximate surface area is 118 Å². The molecule has 0 atom stereocenters. The van der Waals surface area contributed by atoms with Crippen molar-refractivity contribution in [3.05, 3.63) is 22.4 Å². The van der Waals surface area contributed by atoms with E-state index in [9.17, 15) is 9.59 Å². The van der Waals surface area contributed by atoms with Crippen LogP contribution in [0.5, 0.6) is 0 Å². The van der Waals surface area contributed by atoms with E-state index in [1.807, 2.05) is 38.3 Å². The second kappa shape index (κ2) is 7.28. The van der Waals surface area contributed by atoms with Gasteiger partial charge in [0.05, 0.1) is 6.42 Å². The Morgan fingerprint density at radius 1 is 1.32 bits per heavy atom. The van der Waals surface area contributed by atoms with Crippen LogP contribution in [0, 0.1) is 0 Å². The number of hydrogen-bond donors (Lipinski definition) is 1. The summed E-state index contributed by atoms with van der Waals surface area (Å²) in [6.07, 6.45) is 1.14. The molecule has 0 spiro atoms. The van der Waals surface area contributed by atoms with E-state index in [4.69, 9.17) is 4.74 Å². The first-order valence-corrected chi connectivity index (χ1v) is 7.26. The summed E-state index contributed by atoms with van der Waals surface area (Å²) in [6.45, 7) is 6.04. The predicted octanol–water partition coefficient (Wildman–Crippen LogP) is 2.53. The smallest absolute Gasteiger partial charge is 0.306 e. The van der Waals surface area contributed by atoms with E-state index in [1.54, 1.807) is 11.3 Å². The molecule has 5 heteroatoms. The van der Waals surface area contributed by atoms with Gasteiger partial charge in [0.2, 0.25) is 5.91 Å². The van der Waals surface area contributed by atoms with Crippen molar-refractivity contribution in [1.82, 2.24) is 5.32 Å². The Bertz CT molecular complexity index is 407. The maximum absolute atomic E-state index is 11.5. The minimum absolute atomic E-state index is 0.109. The van der Waals surface area contributed by atoms with Gasteiger partial charge in [-0.1, -0.05) is 6.07 Å². The molecule has 0 radical (unpaired) electrons. The highest BCUT2D eigenvalue weighted by molar-refractivity contribution is 7.09. The molecule has 0 aromatic carbocycles. The monoisotopic (exact) mass is 283 g/mol. The van der Waals surface area contributed by atoms with Crippen molar-refractivity contribution in [1.29, 1.82) is 0 Å². The molecule has 0 fully saturated rings. The summed E-state index contributed by atoms with van der Waals surface area (Å²) in [4.78, 5) is 24.2. The van der Waals surface area contributed by atoms with Crippen molar-refractivity contribution < 1.29 is 14.3 Å². The fourth-order valence-electron chi connectivity index (χ4n) is 1.48. The molecule has 1 aromatic rings. The molecule has 1 amide bonds. The first-order chi connectivity index (χ1) is 8.87. The zero-order valence-corrected chi connectivity index (χ0v) is 12.5. The third kappa shape index (κ3) is 7.62. The van der Waals surface area contributed by atoms with Crippen LogP contribution in [0.4, 0.5) is 0 Å². The minimum atomic E-state index is -0.493. The van der Waals surface area contributed by atoms with Gasteiger partial charge in [0.25, 0.3) is 0 Å². The third-order valence-electron chi connectivity index (χ3n) is 2.25. The number of esters is 1. The molecule has 0 aliphatic rings. The summed E-state index contributed by atoms with van der Waals surface area (Å²) >= 11 is 1.67. The second-order valence-corrected chi connectivity index (χ2v) is 6.30. The largest absolute Gasteiger partial charge is 0.460 e. The standard InChI is InChI=1S/C14H21NO3S/c1-14(2,3)18-13(17)7-6-12(16)15-9-8-11-5-4-10-19-11/h4-5,10H,6-9H2,1-3H3,(H,15,16). The summed E-state index contributed by atoms with van der Waals surface area (Å²) in [5.41, 5.74) is -0.493. The van der Waals surface area contributed by atoms with Crippen LogP contribution in [0.2, 0.25) is 0 Å². The lowest BCUT2D eigenvalue weighted by Crippen LogP contribution is -2.28. The molecule has 0 bridgehead atoms. The summed E-state index contributed by atoms with van der Waals surface area (Å²) < 4.78 is 5.13. The predicted molar refractivity (Wildman–Crippen MR) is 76.1 cm³/mol. The number of nitrogens with one attached hydrogen (secondary N) is 1. The highest BCUT2D eigenvalue weighted by atomic mass is 32.1. The molecular weight excluding hydrogens is 262 g/mol. The number of amides is 1. The Morgan fingerprint density at radius 3 is 2.63 bits per heavy atom. The average molecular weight is 283 g/mol. The van der Waals surface area contributed by atoms with Gasteiger partial charge in [0.1, 0.15) is 5.60 Å². The minimum Gasteiger partial charge on any atom is -0.460 e. The molecule has 1 N–H and O–H groups in total. The van der Waals surface area contributed by atoms with Crippen LogP contribution in [0.1, 0.15) is 38.5 Å². The first kappa shape index (κ1) is 15.7. The van der Waals surface area contributed by atoms with Gasteiger partial charge in [-0.05, 0) is 38.6 Å². The number of ether oxygens (including phenoxy) is 1. The van der Waals surface area contributed by atoms with E-state index >= 15 is 0 Å². The maximum Gasteiger partial charge on any atom is 0.306 e. The fourth-order valence-corrected chi connectivity index (χ4v) is 2.19. The van der Waals surface area contributed by atoms with E-state index < -0.39 is 5.60 Å². The quantitative estimate of drug-likeness (QED) is 0.816. The number of carbonyl (C=O) groups is 2. The number of carbonyl (C=O) groups excluding carboxylic acids is 2. The van der Waals surface area contributed by atoms with Crippen LogP contribution in [0.3, 0.4) is 0 Å². The lowest BCUT2D eigenvalue weighted by Gasteiger charge is -2.19. The zero-order chi connectivity index (χ0) is 14.3. The van der Waals surface area contributed by atoms with Crippen molar-refractivity contribution in [3.8, 4) is 0 Å². The molecule has 0 unspecified atom stereocenters. The van der Waals surface area contributed by atoms with Gasteiger partial charge in [-0.15, -0.1) is 11.3 Å². The summed E-state index contributed by atoms with van der Waals surface area (Å²) in [5.74, 6) is -0.441. The van der Waals surface area contributed by atoms with Crippen molar-refractivity contribution in [2.75, 3.05) is 6.54 Å². The molecule has 1 heterocycles. The second-order valence-electron chi connectivity index (χ2n) is 5.27. The lowest BCUT2D eigenvalue weighted by atomic mass is 10.2. The van der Waals surface area contributed by atoms with E-state index in [1.165, 1.54) is 4.88 Å². The average Bonchev–Trinajstić information content (AvgIpc) is 2.77. The molecule has 4 nitrogen and oxygen atoms in total. The molecule has 19 heavy (non-hydrogen) atoms. The first-order valence-electron chi connectivity index (χ1n) is 6.38. The highest BCUT2D eigenvalue weighted by Crippen LogP contribution is 2.09. The van der Waals surface area contributed by atoms with E-state index in [-0.39, 0.29) is 24.7 Å². The van der Waals surface area contributed by atoms with Crippen LogP contribution in [-0.4, -0.2) is 24.0 Å². The molecule has 106 valence electrons. The van der Waals surface area contributed by atoms with Gasteiger partial charge in [-0.2, -0.15) is 0 Å². The van der Waals surface area contributed by atoms with Gasteiger partial charge < -0.3 is 10.1 Å². The molecule has 0 aliphatic carbocycles. The SMILES string of the molecule is CC(C)(C)OC(=O)CCC(=O)NCCc1cccs1. The lowest BCUT2D eigenvalue weighted by molar-refractivity contribution is -0.155. The van der Waals surface area contributed by atoms with Crippen LogP contribution in [-0.2, 0) is 20.7 Å². The van der Waals surface area contributed by atoms with E-state index in [0.29, 0.717) is 6.54 Å². The Morgan fingerprint density at radius 2 is 2.05 bits per heavy atom. The number of rotatable bonds is 6. The van der Waals surface area contributed by atoms with Crippen LogP contribution < -0.4 is 5.32 Å². The van der Waals surface area contributed by atoms with Crippen molar-refractivity contribution >= 4 is 23.2 Å². The summed E-state index contributed by atoms with van der Waals surface area (Å²) in [7, 11) is 0. The van der Waals surface area contributed by atoms with Crippen molar-refractivity contribution in [2.24, 2.45) is 0 Å². The van der Waals surface area contributed by atoms with Crippen LogP contribution in [0.25, 0.3) is 0 Å². The molecule has 1 rings (SSSR count). The third-order valence-corrected chi connectivity index (χ3v) is 3.19. The van der Waals surface area contributed by atoms with Gasteiger partial charge in [-0.25, -0.2) is 0 Å². The molecule has 0 aliphatic heterocycles. The summed E-state index contributed by atoms with van der Waals surface area (Å²) in [6, 6.07) is 4.03. The van der Waals surface area contributed by atoms with Gasteiger partial charge >= 0.3 is 5.97 Å². The zero-order valence-electron chi connectivity index (χ0n) is 11.7. The van der Waals surface area contributed by atoms with E-state index in [2.05, 4.69) is 5.32 Å². The highest BCUT2D eigenvalue weighted by Gasteiger charge is 2.16. The Hall–Kier alpha value is -1.36. The van der Waals surface area contributed by atoms with Crippen LogP contribution >= 0.6 is 11.3 Å². The number of hydrogen-bond acceptors (Lipinski definition) is 4. The molecule has 1 aromatic heterocycles. The van der Waals surface area contributed by atoms with Crippen molar-refractivity contribution in [2.45, 2.75) is 45.6 Å². The Kier molecular flexibility index (Phi) is 6.02. The Balaban J connectivity index is 2.12. The van der Waals surface area contributed by atoms with Gasteiger partial charge in [0.15, 0.2) is 0 Å². The summed E-state index contributed by atoms with van der Waals surface area (Å²) in [5, 5.41) is 4.81. The maximum atomic E-state index is 11.5.